The number of hydrogen-bond donors (Lipinski definition) is 2. The number of piperazine rings is 1. The topological polar surface area (TPSA) is 171 Å². The molecule has 8 rings (SSSR count). The number of amides is 1. The number of hydrogen-bond acceptors (Lipinski definition) is 12. The fraction of sp³-hybridized carbons (Fsp3) is 0.256. The third-order valence-corrected chi connectivity index (χ3v) is 9.09. The summed E-state index contributed by atoms with van der Waals surface area (Å²) in [6, 6.07) is 19.2. The van der Waals surface area contributed by atoms with E-state index in [1.54, 1.807) is 11.2 Å². The number of nitrogens with zero attached hydrogens (tertiary/aromatic N) is 9. The molecule has 300 valence electrons. The van der Waals surface area contributed by atoms with Crippen LogP contribution in [0.3, 0.4) is 0 Å². The lowest BCUT2D eigenvalue weighted by Gasteiger charge is -2.34. The van der Waals surface area contributed by atoms with Crippen LogP contribution in [0.25, 0.3) is 22.3 Å². The summed E-state index contributed by atoms with van der Waals surface area (Å²) in [6.07, 6.45) is 9.14. The number of para-hydroxylation sites is 2. The molecule has 2 N–H and O–H groups in total. The number of benzene rings is 2. The summed E-state index contributed by atoms with van der Waals surface area (Å²) in [5.41, 5.74) is 2.82. The summed E-state index contributed by atoms with van der Waals surface area (Å²) < 4.78 is 11.1. The van der Waals surface area contributed by atoms with Crippen LogP contribution < -0.4 is 19.3 Å². The highest BCUT2D eigenvalue weighted by Gasteiger charge is 2.23. The summed E-state index contributed by atoms with van der Waals surface area (Å²) in [5.74, 6) is 16.2. The predicted molar refractivity (Wildman–Crippen MR) is 227 cm³/mol. The molecule has 2 fully saturated rings. The van der Waals surface area contributed by atoms with Gasteiger partial charge in [0.15, 0.2) is 34.6 Å². The number of aromatic nitrogens is 8. The molecule has 0 aliphatic carbocycles. The van der Waals surface area contributed by atoms with Gasteiger partial charge in [0, 0.05) is 39.3 Å². The number of nitrogens with one attached hydrogen (secondary N) is 2. The van der Waals surface area contributed by atoms with Crippen molar-refractivity contribution < 1.29 is 19.1 Å². The third-order valence-electron chi connectivity index (χ3n) is 8.94. The fourth-order valence-corrected chi connectivity index (χ4v) is 6.12. The Bertz CT molecular complexity index is 2470. The van der Waals surface area contributed by atoms with E-state index in [9.17, 15) is 9.59 Å². The average Bonchev–Trinajstić information content (AvgIpc) is 3.92. The van der Waals surface area contributed by atoms with Crippen molar-refractivity contribution >= 4 is 56.7 Å². The number of piperidine rings is 1. The van der Waals surface area contributed by atoms with Crippen molar-refractivity contribution in [3.05, 3.63) is 110 Å². The third kappa shape index (κ3) is 11.9. The minimum atomic E-state index is -0.509. The van der Waals surface area contributed by atoms with Gasteiger partial charge in [-0.05, 0) is 79.1 Å². The quantitative estimate of drug-likeness (QED) is 0.115. The van der Waals surface area contributed by atoms with Crippen molar-refractivity contribution in [1.29, 1.82) is 0 Å². The minimum Gasteiger partial charge on any atom is -0.481 e. The maximum Gasteiger partial charge on any atom is 0.246 e. The number of imidazole rings is 2. The number of carbonyl (C=O) groups is 2. The Morgan fingerprint density at radius 2 is 1.12 bits per heavy atom. The van der Waals surface area contributed by atoms with Crippen LogP contribution in [-0.4, -0.2) is 108 Å². The molecule has 0 atom stereocenters. The molecule has 0 saturated carbocycles. The lowest BCUT2D eigenvalue weighted by Crippen LogP contribution is -2.48. The van der Waals surface area contributed by atoms with Gasteiger partial charge >= 0.3 is 0 Å². The summed E-state index contributed by atoms with van der Waals surface area (Å²) >= 11 is 4.71. The van der Waals surface area contributed by atoms with Gasteiger partial charge in [0.05, 0.1) is 0 Å². The Morgan fingerprint density at radius 1 is 0.661 bits per heavy atom. The van der Waals surface area contributed by atoms with Crippen molar-refractivity contribution in [1.82, 2.24) is 44.8 Å². The van der Waals surface area contributed by atoms with Gasteiger partial charge in [-0.15, -0.1) is 0 Å². The number of rotatable bonds is 8. The zero-order valence-electron chi connectivity index (χ0n) is 32.3. The minimum absolute atomic E-state index is 0.0469. The number of carbonyl (C=O) groups excluding carboxylic acids is 2. The SMILES string of the molecule is C(#Cc1nc2ncnc(N3CCCCC3)c2[nH]1)COc1ccccc1.C=CC(=O)Cl.C=CC(=O)N1CCN(c2ncnc3nc(C#CCOc4ccccc4)[nH]c23)CC1. The second kappa shape index (κ2) is 21.3. The van der Waals surface area contributed by atoms with Crippen LogP contribution in [0, 0.1) is 23.7 Å². The van der Waals surface area contributed by atoms with Gasteiger partial charge in [0.2, 0.25) is 11.1 Å². The first-order valence-electron chi connectivity index (χ1n) is 18.9. The lowest BCUT2D eigenvalue weighted by atomic mass is 10.1. The van der Waals surface area contributed by atoms with Crippen LogP contribution in [0.4, 0.5) is 11.6 Å². The molecule has 0 radical (unpaired) electrons. The van der Waals surface area contributed by atoms with E-state index in [2.05, 4.69) is 86.5 Å². The first-order chi connectivity index (χ1) is 28.9. The van der Waals surface area contributed by atoms with Gasteiger partial charge in [0.1, 0.15) is 48.4 Å². The van der Waals surface area contributed by atoms with E-state index in [4.69, 9.17) is 21.1 Å². The summed E-state index contributed by atoms with van der Waals surface area (Å²) in [7, 11) is 0. The molecular weight excluding hydrogens is 770 g/mol. The van der Waals surface area contributed by atoms with Gasteiger partial charge in [-0.2, -0.15) is 0 Å². The Hall–Kier alpha value is -7.23. The molecule has 16 heteroatoms. The van der Waals surface area contributed by atoms with Crippen molar-refractivity contribution in [3.63, 3.8) is 0 Å². The highest BCUT2D eigenvalue weighted by Crippen LogP contribution is 2.24. The summed E-state index contributed by atoms with van der Waals surface area (Å²) in [6.45, 7) is 11.8. The van der Waals surface area contributed by atoms with Crippen LogP contribution in [0.2, 0.25) is 0 Å². The number of ether oxygens (including phenoxy) is 2. The molecule has 6 heterocycles. The lowest BCUT2D eigenvalue weighted by molar-refractivity contribution is -0.126. The second-order valence-corrected chi connectivity index (χ2v) is 13.2. The van der Waals surface area contributed by atoms with E-state index in [0.29, 0.717) is 55.7 Å². The van der Waals surface area contributed by atoms with E-state index < -0.39 is 5.24 Å². The highest BCUT2D eigenvalue weighted by molar-refractivity contribution is 6.66. The Morgan fingerprint density at radius 3 is 1.56 bits per heavy atom. The van der Waals surface area contributed by atoms with Crippen LogP contribution >= 0.6 is 11.6 Å². The van der Waals surface area contributed by atoms with Crippen molar-refractivity contribution in [3.8, 4) is 35.2 Å². The first kappa shape index (κ1) is 41.4. The normalized spacial score (nSPS) is 13.3. The van der Waals surface area contributed by atoms with E-state index in [1.165, 1.54) is 31.7 Å². The molecule has 6 aromatic rings. The Kier molecular flexibility index (Phi) is 15.0. The van der Waals surface area contributed by atoms with E-state index in [-0.39, 0.29) is 12.5 Å². The molecule has 4 aromatic heterocycles. The average molecular weight is 812 g/mol. The molecule has 2 aliphatic heterocycles. The standard InChI is InChI=1S/C21H20N6O2.C19H19N5O.C3H3ClO/c1-2-18(28)26-10-12-27(13-11-26)21-19-20(22-15-23-21)25-17(24-19)9-6-14-29-16-7-4-3-5-8-16;1-3-8-15(9-4-1)25-13-7-10-16-22-17-18(23-16)20-14-21-19(17)24-11-5-2-6-12-24;1-2-3(4)5/h2-5,7-8,15H,1,10-14H2,(H,22,23,24,25);1,3-4,8-9,14H,2,5-6,11-13H2,(H,20,21,22,23);2H,1H2. The first-order valence-corrected chi connectivity index (χ1v) is 19.3. The molecule has 59 heavy (non-hydrogen) atoms. The molecule has 0 spiro atoms. The van der Waals surface area contributed by atoms with Gasteiger partial charge in [0.25, 0.3) is 0 Å². The van der Waals surface area contributed by atoms with Crippen LogP contribution in [0.1, 0.15) is 30.9 Å². The molecular formula is C43H42ClN11O4. The van der Waals surface area contributed by atoms with Crippen molar-refractivity contribution in [2.75, 3.05) is 62.3 Å². The molecule has 15 nitrogen and oxygen atoms in total. The van der Waals surface area contributed by atoms with Gasteiger partial charge in [-0.1, -0.05) is 61.4 Å². The van der Waals surface area contributed by atoms with Crippen molar-refractivity contribution in [2.45, 2.75) is 19.3 Å². The Labute approximate surface area is 346 Å². The Balaban J connectivity index is 0.000000180. The van der Waals surface area contributed by atoms with Gasteiger partial charge in [-0.3, -0.25) is 9.59 Å². The molecule has 2 saturated heterocycles. The van der Waals surface area contributed by atoms with Gasteiger partial charge < -0.3 is 34.1 Å². The number of fused-ring (bicyclic) bond motifs is 2. The molecule has 0 unspecified atom stereocenters. The largest absolute Gasteiger partial charge is 0.481 e. The maximum atomic E-state index is 11.8. The van der Waals surface area contributed by atoms with Crippen LogP contribution in [0.15, 0.2) is 98.6 Å². The van der Waals surface area contributed by atoms with Crippen molar-refractivity contribution in [2.24, 2.45) is 0 Å². The van der Waals surface area contributed by atoms with E-state index in [0.717, 1.165) is 53.3 Å². The number of aromatic amines is 2. The smallest absolute Gasteiger partial charge is 0.246 e. The molecule has 2 aliphatic rings. The molecule has 0 bridgehead atoms. The number of allylic oxidation sites excluding steroid dienone is 1. The predicted octanol–water partition coefficient (Wildman–Crippen LogP) is 5.33. The second-order valence-electron chi connectivity index (χ2n) is 12.8. The summed E-state index contributed by atoms with van der Waals surface area (Å²) in [4.78, 5) is 60.1. The van der Waals surface area contributed by atoms with Crippen LogP contribution in [0.5, 0.6) is 11.5 Å². The van der Waals surface area contributed by atoms with Crippen LogP contribution in [-0.2, 0) is 9.59 Å². The number of anilines is 2. The zero-order chi connectivity index (χ0) is 41.2. The summed E-state index contributed by atoms with van der Waals surface area (Å²) in [5, 5.41) is -0.509. The number of H-pyrrole nitrogens is 2. The fourth-order valence-electron chi connectivity index (χ4n) is 6.12. The highest BCUT2D eigenvalue weighted by atomic mass is 35.5. The molecule has 1 amide bonds. The zero-order valence-corrected chi connectivity index (χ0v) is 33.1. The van der Waals surface area contributed by atoms with E-state index in [1.807, 2.05) is 60.7 Å². The van der Waals surface area contributed by atoms with Gasteiger partial charge in [-0.25, -0.2) is 29.9 Å². The number of halogens is 1. The maximum absolute atomic E-state index is 11.8. The monoisotopic (exact) mass is 811 g/mol. The molecule has 2 aromatic carbocycles. The van der Waals surface area contributed by atoms with E-state index >= 15 is 0 Å².